The first kappa shape index (κ1) is 20.7. The predicted octanol–water partition coefficient (Wildman–Crippen LogP) is 2.19. The van der Waals surface area contributed by atoms with Crippen molar-refractivity contribution in [1.82, 2.24) is 16.0 Å². The number of carbonyl (C=O) groups is 1. The molecule has 0 aliphatic rings. The minimum Gasteiger partial charge on any atom is -0.356 e. The first-order chi connectivity index (χ1) is 10.0. The zero-order chi connectivity index (χ0) is 15.7. The van der Waals surface area contributed by atoms with Gasteiger partial charge in [-0.3, -0.25) is 9.79 Å². The van der Waals surface area contributed by atoms with E-state index in [1.165, 1.54) is 11.1 Å². The summed E-state index contributed by atoms with van der Waals surface area (Å²) in [6.45, 7) is 7.24. The highest BCUT2D eigenvalue weighted by Crippen LogP contribution is 2.02. The van der Waals surface area contributed by atoms with E-state index in [1.807, 2.05) is 13.8 Å². The molecule has 0 unspecified atom stereocenters. The molecule has 0 saturated heterocycles. The van der Waals surface area contributed by atoms with Crippen LogP contribution in [0.1, 0.15) is 31.4 Å². The summed E-state index contributed by atoms with van der Waals surface area (Å²) in [5.41, 5.74) is 2.44. The van der Waals surface area contributed by atoms with E-state index in [0.717, 1.165) is 0 Å². The van der Waals surface area contributed by atoms with Gasteiger partial charge in [-0.25, -0.2) is 0 Å². The Morgan fingerprint density at radius 3 is 2.36 bits per heavy atom. The van der Waals surface area contributed by atoms with Crippen LogP contribution >= 0.6 is 24.0 Å². The van der Waals surface area contributed by atoms with Crippen molar-refractivity contribution in [1.29, 1.82) is 0 Å². The van der Waals surface area contributed by atoms with Crippen molar-refractivity contribution >= 4 is 35.8 Å². The Balaban J connectivity index is 0.00000441. The fourth-order valence-corrected chi connectivity index (χ4v) is 1.80. The third-order valence-corrected chi connectivity index (χ3v) is 2.90. The average Bonchev–Trinajstić information content (AvgIpc) is 2.43. The van der Waals surface area contributed by atoms with E-state index in [2.05, 4.69) is 52.1 Å². The molecule has 0 saturated carbocycles. The van der Waals surface area contributed by atoms with Crippen molar-refractivity contribution in [2.24, 2.45) is 4.99 Å². The zero-order valence-corrected chi connectivity index (χ0v) is 16.1. The van der Waals surface area contributed by atoms with Gasteiger partial charge in [0.05, 0.1) is 0 Å². The van der Waals surface area contributed by atoms with Gasteiger partial charge in [0.1, 0.15) is 0 Å². The highest BCUT2D eigenvalue weighted by Gasteiger charge is 2.04. The summed E-state index contributed by atoms with van der Waals surface area (Å²) >= 11 is 0. The third kappa shape index (κ3) is 8.86. The number of hydrogen-bond donors (Lipinski definition) is 3. The van der Waals surface area contributed by atoms with Crippen LogP contribution in [0.4, 0.5) is 0 Å². The van der Waals surface area contributed by atoms with Crippen LogP contribution in [0.5, 0.6) is 0 Å². The number of rotatable bonds is 6. The summed E-state index contributed by atoms with van der Waals surface area (Å²) in [6.07, 6.45) is 0.434. The Kier molecular flexibility index (Phi) is 10.6. The molecule has 5 nitrogen and oxygen atoms in total. The van der Waals surface area contributed by atoms with Crippen LogP contribution in [0.3, 0.4) is 0 Å². The van der Waals surface area contributed by atoms with Gasteiger partial charge < -0.3 is 16.0 Å². The van der Waals surface area contributed by atoms with Crippen molar-refractivity contribution in [3.8, 4) is 0 Å². The SMILES string of the molecule is CN=C(NCCC(=O)NC(C)C)NCc1ccc(C)cc1.I. The average molecular weight is 418 g/mol. The largest absolute Gasteiger partial charge is 0.356 e. The third-order valence-electron chi connectivity index (χ3n) is 2.90. The molecule has 0 fully saturated rings. The molecule has 0 aliphatic carbocycles. The lowest BCUT2D eigenvalue weighted by molar-refractivity contribution is -0.121. The zero-order valence-electron chi connectivity index (χ0n) is 13.8. The molecule has 1 aromatic carbocycles. The van der Waals surface area contributed by atoms with Gasteiger partial charge in [0, 0.05) is 32.6 Å². The number of amides is 1. The molecule has 1 aromatic rings. The molecule has 0 spiro atoms. The van der Waals surface area contributed by atoms with Gasteiger partial charge in [-0.05, 0) is 26.3 Å². The lowest BCUT2D eigenvalue weighted by Gasteiger charge is -2.13. The monoisotopic (exact) mass is 418 g/mol. The van der Waals surface area contributed by atoms with Gasteiger partial charge >= 0.3 is 0 Å². The number of guanidine groups is 1. The molecular weight excluding hydrogens is 391 g/mol. The number of nitrogens with zero attached hydrogens (tertiary/aromatic N) is 1. The topological polar surface area (TPSA) is 65.5 Å². The van der Waals surface area contributed by atoms with Gasteiger partial charge in [-0.15, -0.1) is 24.0 Å². The second kappa shape index (κ2) is 11.3. The molecule has 6 heteroatoms. The van der Waals surface area contributed by atoms with E-state index in [-0.39, 0.29) is 35.9 Å². The minimum atomic E-state index is 0. The summed E-state index contributed by atoms with van der Waals surface area (Å²) in [7, 11) is 1.72. The van der Waals surface area contributed by atoms with Crippen molar-refractivity contribution in [2.75, 3.05) is 13.6 Å². The molecule has 0 aromatic heterocycles. The van der Waals surface area contributed by atoms with Crippen LogP contribution in [-0.4, -0.2) is 31.5 Å². The number of aliphatic imine (C=N–C) groups is 1. The molecule has 0 bridgehead atoms. The van der Waals surface area contributed by atoms with Crippen molar-refractivity contribution < 1.29 is 4.79 Å². The molecule has 3 N–H and O–H groups in total. The fraction of sp³-hybridized carbons (Fsp3) is 0.500. The highest BCUT2D eigenvalue weighted by molar-refractivity contribution is 14.0. The number of hydrogen-bond acceptors (Lipinski definition) is 2. The Labute approximate surface area is 150 Å². The quantitative estimate of drug-likeness (QED) is 0.377. The molecule has 1 rings (SSSR count). The van der Waals surface area contributed by atoms with Crippen molar-refractivity contribution in [3.63, 3.8) is 0 Å². The number of benzene rings is 1. The van der Waals surface area contributed by atoms with E-state index in [1.54, 1.807) is 7.05 Å². The number of aryl methyl sites for hydroxylation is 1. The molecule has 22 heavy (non-hydrogen) atoms. The van der Waals surface area contributed by atoms with E-state index < -0.39 is 0 Å². The summed E-state index contributed by atoms with van der Waals surface area (Å²) in [5, 5.41) is 9.22. The molecule has 124 valence electrons. The Morgan fingerprint density at radius 1 is 1.18 bits per heavy atom. The fourth-order valence-electron chi connectivity index (χ4n) is 1.80. The van der Waals surface area contributed by atoms with Crippen LogP contribution in [0.2, 0.25) is 0 Å². The van der Waals surface area contributed by atoms with Gasteiger partial charge in [-0.2, -0.15) is 0 Å². The Hall–Kier alpha value is -1.31. The van der Waals surface area contributed by atoms with E-state index in [4.69, 9.17) is 0 Å². The summed E-state index contributed by atoms with van der Waals surface area (Å²) < 4.78 is 0. The lowest BCUT2D eigenvalue weighted by Crippen LogP contribution is -2.39. The first-order valence-electron chi connectivity index (χ1n) is 7.30. The van der Waals surface area contributed by atoms with Crippen LogP contribution in [0.25, 0.3) is 0 Å². The first-order valence-corrected chi connectivity index (χ1v) is 7.30. The molecule has 1 amide bonds. The van der Waals surface area contributed by atoms with E-state index in [9.17, 15) is 4.79 Å². The number of carbonyl (C=O) groups excluding carboxylic acids is 1. The smallest absolute Gasteiger partial charge is 0.221 e. The number of halogens is 1. The highest BCUT2D eigenvalue weighted by atomic mass is 127. The maximum Gasteiger partial charge on any atom is 0.221 e. The summed E-state index contributed by atoms with van der Waals surface area (Å²) in [5.74, 6) is 0.749. The Bertz CT molecular complexity index is 472. The normalized spacial score (nSPS) is 10.9. The Morgan fingerprint density at radius 2 is 1.82 bits per heavy atom. The van der Waals surface area contributed by atoms with Crippen molar-refractivity contribution in [3.05, 3.63) is 35.4 Å². The minimum absolute atomic E-state index is 0. The second-order valence-electron chi connectivity index (χ2n) is 5.31. The molecule has 0 atom stereocenters. The van der Waals surface area contributed by atoms with E-state index in [0.29, 0.717) is 25.5 Å². The predicted molar refractivity (Wildman–Crippen MR) is 103 cm³/mol. The lowest BCUT2D eigenvalue weighted by atomic mass is 10.1. The second-order valence-corrected chi connectivity index (χ2v) is 5.31. The van der Waals surface area contributed by atoms with Gasteiger partial charge in [0.15, 0.2) is 5.96 Å². The van der Waals surface area contributed by atoms with Crippen LogP contribution in [0, 0.1) is 6.92 Å². The van der Waals surface area contributed by atoms with Crippen LogP contribution < -0.4 is 16.0 Å². The van der Waals surface area contributed by atoms with Crippen LogP contribution in [0.15, 0.2) is 29.3 Å². The molecule has 0 aliphatic heterocycles. The van der Waals surface area contributed by atoms with Gasteiger partial charge in [-0.1, -0.05) is 29.8 Å². The standard InChI is InChI=1S/C16H26N4O.HI/c1-12(2)20-15(21)9-10-18-16(17-4)19-11-14-7-5-13(3)6-8-14;/h5-8,12H,9-11H2,1-4H3,(H,20,21)(H2,17,18,19);1H. The van der Waals surface area contributed by atoms with Gasteiger partial charge in [0.2, 0.25) is 5.91 Å². The van der Waals surface area contributed by atoms with Gasteiger partial charge in [0.25, 0.3) is 0 Å². The molecule has 0 heterocycles. The van der Waals surface area contributed by atoms with E-state index >= 15 is 0 Å². The van der Waals surface area contributed by atoms with Crippen LogP contribution in [-0.2, 0) is 11.3 Å². The number of nitrogens with one attached hydrogen (secondary N) is 3. The summed E-state index contributed by atoms with van der Waals surface area (Å²) in [6, 6.07) is 8.53. The summed E-state index contributed by atoms with van der Waals surface area (Å²) in [4.78, 5) is 15.7. The molecular formula is C16H27IN4O. The maximum atomic E-state index is 11.5. The molecule has 0 radical (unpaired) electrons. The van der Waals surface area contributed by atoms with Crippen molar-refractivity contribution in [2.45, 2.75) is 39.8 Å². The maximum absolute atomic E-state index is 11.5.